The average molecular weight is 510 g/mol. The molecule has 0 spiro atoms. The van der Waals surface area contributed by atoms with Crippen molar-refractivity contribution in [2.75, 3.05) is 32.8 Å². The molecule has 2 aliphatic heterocycles. The van der Waals surface area contributed by atoms with Crippen LogP contribution in [0, 0.1) is 17.2 Å². The molecule has 0 unspecified atom stereocenters. The molecule has 1 aromatic heterocycles. The largest absolute Gasteiger partial charge is 0.476 e. The third kappa shape index (κ3) is 5.76. The Kier molecular flexibility index (Phi) is 7.42. The summed E-state index contributed by atoms with van der Waals surface area (Å²) in [5, 5.41) is 0. The molecule has 9 heteroatoms. The molecule has 2 saturated heterocycles. The number of primary amides is 1. The summed E-state index contributed by atoms with van der Waals surface area (Å²) in [6.07, 6.45) is 10.6. The van der Waals surface area contributed by atoms with E-state index in [9.17, 15) is 14.0 Å². The van der Waals surface area contributed by atoms with Crippen LogP contribution in [0.5, 0.6) is 5.88 Å². The fourth-order valence-corrected chi connectivity index (χ4v) is 5.84. The molecule has 1 aliphatic carbocycles. The topological polar surface area (TPSA) is 102 Å². The van der Waals surface area contributed by atoms with Gasteiger partial charge in [0.2, 0.25) is 11.8 Å². The second-order valence-corrected chi connectivity index (χ2v) is 11.2. The van der Waals surface area contributed by atoms with Crippen molar-refractivity contribution in [3.63, 3.8) is 0 Å². The summed E-state index contributed by atoms with van der Waals surface area (Å²) < 4.78 is 20.8. The van der Waals surface area contributed by atoms with Crippen LogP contribution in [0.2, 0.25) is 0 Å². The quantitative estimate of drug-likeness (QED) is 0.583. The van der Waals surface area contributed by atoms with Crippen LogP contribution in [0.15, 0.2) is 30.6 Å². The molecule has 0 bridgehead atoms. The Labute approximate surface area is 217 Å². The first-order valence-electron chi connectivity index (χ1n) is 13.4. The van der Waals surface area contributed by atoms with E-state index in [1.165, 1.54) is 42.8 Å². The minimum absolute atomic E-state index is 0.0855. The third-order valence-corrected chi connectivity index (χ3v) is 8.31. The highest BCUT2D eigenvalue weighted by Crippen LogP contribution is 2.41. The lowest BCUT2D eigenvalue weighted by Gasteiger charge is -2.44. The van der Waals surface area contributed by atoms with E-state index < -0.39 is 23.7 Å². The highest BCUT2D eigenvalue weighted by atomic mass is 19.1. The molecular formula is C28H36FN5O3. The summed E-state index contributed by atoms with van der Waals surface area (Å²) in [4.78, 5) is 37.1. The number of aromatic nitrogens is 2. The highest BCUT2D eigenvalue weighted by molar-refractivity contribution is 5.98. The van der Waals surface area contributed by atoms with E-state index in [0.29, 0.717) is 54.5 Å². The molecule has 2 N–H and O–H groups in total. The standard InChI is InChI=1S/C28H36FN5O3/c1-28(9-3-10-28)18-33-12-7-19(8-13-33)17-37-25-16-31-23(15-32-25)20-5-6-21(22(29)14-20)27(36)34-11-2-4-24(34)26(30)35/h5-6,14-16,19,24H,2-4,7-13,17-18H2,1H3,(H2,30,35)/t24-/m0/s1. The molecule has 8 nitrogen and oxygen atoms in total. The van der Waals surface area contributed by atoms with Crippen molar-refractivity contribution >= 4 is 11.8 Å². The number of nitrogens with zero attached hydrogens (tertiary/aromatic N) is 4. The van der Waals surface area contributed by atoms with E-state index in [1.807, 2.05) is 0 Å². The molecule has 3 aliphatic rings. The molecule has 5 rings (SSSR count). The molecule has 3 fully saturated rings. The summed E-state index contributed by atoms with van der Waals surface area (Å²) in [5.41, 5.74) is 6.83. The molecule has 3 heterocycles. The first-order valence-corrected chi connectivity index (χ1v) is 13.4. The predicted molar refractivity (Wildman–Crippen MR) is 137 cm³/mol. The maximum atomic E-state index is 14.9. The number of ether oxygens (including phenoxy) is 1. The van der Waals surface area contributed by atoms with Crippen LogP contribution in [0.4, 0.5) is 4.39 Å². The smallest absolute Gasteiger partial charge is 0.257 e. The number of piperidine rings is 1. The van der Waals surface area contributed by atoms with Gasteiger partial charge in [0.15, 0.2) is 0 Å². The Balaban J connectivity index is 1.13. The number of hydrogen-bond acceptors (Lipinski definition) is 6. The van der Waals surface area contributed by atoms with Gasteiger partial charge in [-0.3, -0.25) is 9.59 Å². The Hall–Kier alpha value is -3.07. The number of nitrogens with two attached hydrogens (primary N) is 1. The molecule has 1 atom stereocenters. The van der Waals surface area contributed by atoms with E-state index in [1.54, 1.807) is 18.5 Å². The van der Waals surface area contributed by atoms with Crippen LogP contribution in [0.3, 0.4) is 0 Å². The van der Waals surface area contributed by atoms with Gasteiger partial charge in [-0.25, -0.2) is 14.4 Å². The van der Waals surface area contributed by atoms with Crippen molar-refractivity contribution in [2.45, 2.75) is 57.9 Å². The Morgan fingerprint density at radius 2 is 1.89 bits per heavy atom. The fourth-order valence-electron chi connectivity index (χ4n) is 5.84. The van der Waals surface area contributed by atoms with Gasteiger partial charge >= 0.3 is 0 Å². The normalized spacial score (nSPS) is 22.0. The molecule has 1 saturated carbocycles. The van der Waals surface area contributed by atoms with Gasteiger partial charge in [-0.2, -0.15) is 0 Å². The first kappa shape index (κ1) is 25.6. The predicted octanol–water partition coefficient (Wildman–Crippen LogP) is 3.65. The van der Waals surface area contributed by atoms with Crippen molar-refractivity contribution in [3.8, 4) is 17.1 Å². The summed E-state index contributed by atoms with van der Waals surface area (Å²) in [5.74, 6) is -0.798. The zero-order valence-electron chi connectivity index (χ0n) is 21.5. The van der Waals surface area contributed by atoms with Gasteiger partial charge < -0.3 is 20.3 Å². The number of carbonyl (C=O) groups is 2. The SMILES string of the molecule is CC1(CN2CCC(COc3cnc(-c4ccc(C(=O)N5CCC[C@H]5C(N)=O)c(F)c4)cn3)CC2)CCC1. The van der Waals surface area contributed by atoms with Crippen LogP contribution < -0.4 is 10.5 Å². The van der Waals surface area contributed by atoms with Crippen molar-refractivity contribution in [1.29, 1.82) is 0 Å². The second kappa shape index (κ2) is 10.7. The summed E-state index contributed by atoms with van der Waals surface area (Å²) in [7, 11) is 0. The van der Waals surface area contributed by atoms with E-state index in [-0.39, 0.29) is 5.56 Å². The molecule has 198 valence electrons. The van der Waals surface area contributed by atoms with Crippen molar-refractivity contribution < 1.29 is 18.7 Å². The average Bonchev–Trinajstić information content (AvgIpc) is 3.38. The Morgan fingerprint density at radius 3 is 2.51 bits per heavy atom. The maximum absolute atomic E-state index is 14.9. The van der Waals surface area contributed by atoms with Crippen LogP contribution in [0.1, 0.15) is 62.2 Å². The Bertz CT molecular complexity index is 1130. The molecule has 37 heavy (non-hydrogen) atoms. The maximum Gasteiger partial charge on any atom is 0.257 e. The lowest BCUT2D eigenvalue weighted by molar-refractivity contribution is -0.121. The zero-order valence-corrected chi connectivity index (χ0v) is 21.5. The number of halogens is 1. The summed E-state index contributed by atoms with van der Waals surface area (Å²) in [6.45, 7) is 6.88. The minimum Gasteiger partial charge on any atom is -0.476 e. The van der Waals surface area contributed by atoms with Crippen molar-refractivity contribution in [2.24, 2.45) is 17.1 Å². The second-order valence-electron chi connectivity index (χ2n) is 11.2. The van der Waals surface area contributed by atoms with E-state index in [0.717, 1.165) is 25.9 Å². The van der Waals surface area contributed by atoms with Gasteiger partial charge in [0.1, 0.15) is 11.9 Å². The number of benzene rings is 1. The van der Waals surface area contributed by atoms with Crippen molar-refractivity contribution in [3.05, 3.63) is 42.0 Å². The van der Waals surface area contributed by atoms with Gasteiger partial charge in [-0.1, -0.05) is 19.4 Å². The summed E-state index contributed by atoms with van der Waals surface area (Å²) >= 11 is 0. The highest BCUT2D eigenvalue weighted by Gasteiger charge is 2.35. The van der Waals surface area contributed by atoms with Crippen LogP contribution >= 0.6 is 0 Å². The zero-order chi connectivity index (χ0) is 26.0. The van der Waals surface area contributed by atoms with E-state index >= 15 is 0 Å². The van der Waals surface area contributed by atoms with Crippen LogP contribution in [0.25, 0.3) is 11.3 Å². The van der Waals surface area contributed by atoms with E-state index in [4.69, 9.17) is 10.5 Å². The third-order valence-electron chi connectivity index (χ3n) is 8.31. The molecular weight excluding hydrogens is 473 g/mol. The number of likely N-dealkylation sites (tertiary alicyclic amines) is 2. The van der Waals surface area contributed by atoms with E-state index in [2.05, 4.69) is 21.8 Å². The number of amides is 2. The first-order chi connectivity index (χ1) is 17.8. The molecule has 1 aromatic carbocycles. The molecule has 2 amide bonds. The minimum atomic E-state index is -0.687. The number of carbonyl (C=O) groups excluding carboxylic acids is 2. The van der Waals surface area contributed by atoms with Gasteiger partial charge in [0, 0.05) is 18.7 Å². The number of rotatable bonds is 8. The van der Waals surface area contributed by atoms with Crippen LogP contribution in [-0.2, 0) is 4.79 Å². The monoisotopic (exact) mass is 509 g/mol. The lowest BCUT2D eigenvalue weighted by atomic mass is 9.70. The van der Waals surface area contributed by atoms with Gasteiger partial charge in [0.25, 0.3) is 5.91 Å². The fraction of sp³-hybridized carbons (Fsp3) is 0.571. The van der Waals surface area contributed by atoms with Gasteiger partial charge in [-0.05, 0) is 75.1 Å². The molecule has 0 radical (unpaired) electrons. The van der Waals surface area contributed by atoms with Crippen LogP contribution in [-0.4, -0.2) is 70.4 Å². The molecule has 2 aromatic rings. The Morgan fingerprint density at radius 1 is 1.11 bits per heavy atom. The summed E-state index contributed by atoms with van der Waals surface area (Å²) in [6, 6.07) is 3.64. The lowest BCUT2D eigenvalue weighted by Crippen LogP contribution is -2.44. The van der Waals surface area contributed by atoms with Gasteiger partial charge in [0.05, 0.1) is 30.3 Å². The van der Waals surface area contributed by atoms with Gasteiger partial charge in [-0.15, -0.1) is 0 Å². The number of hydrogen-bond donors (Lipinski definition) is 1. The van der Waals surface area contributed by atoms with Crippen molar-refractivity contribution in [1.82, 2.24) is 19.8 Å².